The molecule has 1 aliphatic heterocycles. The Morgan fingerprint density at radius 3 is 2.74 bits per heavy atom. The molecule has 0 aliphatic carbocycles. The summed E-state index contributed by atoms with van der Waals surface area (Å²) in [5.74, 6) is -0.278. The second kappa shape index (κ2) is 7.86. The highest BCUT2D eigenvalue weighted by molar-refractivity contribution is 6.10. The first-order chi connectivity index (χ1) is 13.0. The van der Waals surface area contributed by atoms with Crippen LogP contribution in [0, 0.1) is 5.82 Å². The Labute approximate surface area is 155 Å². The summed E-state index contributed by atoms with van der Waals surface area (Å²) >= 11 is 0. The van der Waals surface area contributed by atoms with Gasteiger partial charge in [-0.3, -0.25) is 20.2 Å². The second-order valence-electron chi connectivity index (χ2n) is 5.82. The lowest BCUT2D eigenvalue weighted by atomic mass is 10.0. The number of carbonyl (C=O) groups is 2. The predicted molar refractivity (Wildman–Crippen MR) is 96.3 cm³/mol. The van der Waals surface area contributed by atoms with E-state index in [-0.39, 0.29) is 23.9 Å². The molecule has 0 saturated heterocycles. The van der Waals surface area contributed by atoms with E-state index in [1.165, 1.54) is 32.4 Å². The largest absolute Gasteiger partial charge is 0.497 e. The fourth-order valence-corrected chi connectivity index (χ4v) is 2.74. The average molecular weight is 371 g/mol. The number of aliphatic imine (C=N–C) groups is 1. The van der Waals surface area contributed by atoms with Crippen LogP contribution in [0.5, 0.6) is 11.5 Å². The third-order valence-corrected chi connectivity index (χ3v) is 4.04. The highest BCUT2D eigenvalue weighted by Gasteiger charge is 2.26. The van der Waals surface area contributed by atoms with E-state index in [0.29, 0.717) is 17.1 Å². The topological polar surface area (TPSA) is 89.0 Å². The minimum absolute atomic E-state index is 0.00427. The molecule has 2 aromatic carbocycles. The van der Waals surface area contributed by atoms with Crippen molar-refractivity contribution in [1.29, 1.82) is 0 Å². The summed E-state index contributed by atoms with van der Waals surface area (Å²) in [5, 5.41) is 5.01. The summed E-state index contributed by atoms with van der Waals surface area (Å²) in [6.45, 7) is 0. The van der Waals surface area contributed by atoms with Crippen molar-refractivity contribution in [2.24, 2.45) is 4.99 Å². The molecule has 0 radical (unpaired) electrons. The molecule has 0 bridgehead atoms. The Hall–Kier alpha value is -3.42. The highest BCUT2D eigenvalue weighted by atomic mass is 19.1. The van der Waals surface area contributed by atoms with Crippen molar-refractivity contribution in [2.75, 3.05) is 14.2 Å². The Balaban J connectivity index is 1.88. The van der Waals surface area contributed by atoms with Crippen molar-refractivity contribution >= 4 is 17.8 Å². The van der Waals surface area contributed by atoms with Gasteiger partial charge in [-0.05, 0) is 36.4 Å². The zero-order valence-electron chi connectivity index (χ0n) is 14.8. The van der Waals surface area contributed by atoms with E-state index in [1.807, 2.05) is 0 Å². The second-order valence-corrected chi connectivity index (χ2v) is 5.82. The third kappa shape index (κ3) is 4.22. The van der Waals surface area contributed by atoms with Gasteiger partial charge in [0.15, 0.2) is 0 Å². The Morgan fingerprint density at radius 1 is 1.22 bits per heavy atom. The number of hydrogen-bond donors (Lipinski definition) is 2. The van der Waals surface area contributed by atoms with E-state index >= 15 is 0 Å². The van der Waals surface area contributed by atoms with Crippen LogP contribution in [0.4, 0.5) is 4.39 Å². The summed E-state index contributed by atoms with van der Waals surface area (Å²) in [4.78, 5) is 28.8. The number of amides is 2. The van der Waals surface area contributed by atoms with Crippen molar-refractivity contribution in [3.05, 3.63) is 59.4 Å². The van der Waals surface area contributed by atoms with E-state index in [0.717, 1.165) is 6.07 Å². The fraction of sp³-hybridized carbons (Fsp3) is 0.211. The van der Waals surface area contributed by atoms with E-state index in [2.05, 4.69) is 15.6 Å². The quantitative estimate of drug-likeness (QED) is 0.862. The van der Waals surface area contributed by atoms with E-state index in [9.17, 15) is 14.0 Å². The van der Waals surface area contributed by atoms with Crippen LogP contribution in [0.3, 0.4) is 0 Å². The zero-order chi connectivity index (χ0) is 19.4. The predicted octanol–water partition coefficient (Wildman–Crippen LogP) is 2.19. The van der Waals surface area contributed by atoms with Crippen LogP contribution in [-0.4, -0.2) is 32.0 Å². The van der Waals surface area contributed by atoms with Gasteiger partial charge in [-0.15, -0.1) is 0 Å². The molecule has 0 saturated carbocycles. The fourth-order valence-electron chi connectivity index (χ4n) is 2.74. The molecule has 0 fully saturated rings. The normalized spacial score (nSPS) is 16.2. The number of methoxy groups -OCH3 is 2. The van der Waals surface area contributed by atoms with Crippen LogP contribution in [0.15, 0.2) is 47.5 Å². The maximum absolute atomic E-state index is 13.3. The lowest BCUT2D eigenvalue weighted by Gasteiger charge is -2.23. The zero-order valence-corrected chi connectivity index (χ0v) is 14.8. The van der Waals surface area contributed by atoms with Gasteiger partial charge in [-0.1, -0.05) is 6.07 Å². The molecule has 140 valence electrons. The number of nitrogens with one attached hydrogen (secondary N) is 2. The Kier molecular flexibility index (Phi) is 5.35. The van der Waals surface area contributed by atoms with Crippen molar-refractivity contribution in [3.63, 3.8) is 0 Å². The molecule has 0 aromatic heterocycles. The molecular weight excluding hydrogens is 353 g/mol. The highest BCUT2D eigenvalue weighted by Crippen LogP contribution is 2.34. The van der Waals surface area contributed by atoms with Crippen LogP contribution < -0.4 is 20.1 Å². The number of ether oxygens (including phenoxy) is 2. The first-order valence-electron chi connectivity index (χ1n) is 8.16. The molecule has 1 aliphatic rings. The van der Waals surface area contributed by atoms with Crippen LogP contribution >= 0.6 is 0 Å². The molecule has 0 unspecified atom stereocenters. The van der Waals surface area contributed by atoms with E-state index < -0.39 is 17.8 Å². The van der Waals surface area contributed by atoms with Crippen LogP contribution in [-0.2, 0) is 4.79 Å². The SMILES string of the molecule is COc1ccc(OC)c([C@@H]2CC(=O)NC(NC(=O)c3cccc(F)c3)=N2)c1. The number of benzene rings is 2. The molecule has 2 amide bonds. The molecule has 2 N–H and O–H groups in total. The lowest BCUT2D eigenvalue weighted by Crippen LogP contribution is -2.47. The van der Waals surface area contributed by atoms with Gasteiger partial charge in [0, 0.05) is 11.1 Å². The van der Waals surface area contributed by atoms with Crippen molar-refractivity contribution in [1.82, 2.24) is 10.6 Å². The summed E-state index contributed by atoms with van der Waals surface area (Å²) in [6, 6.07) is 9.86. The van der Waals surface area contributed by atoms with Crippen molar-refractivity contribution in [2.45, 2.75) is 12.5 Å². The van der Waals surface area contributed by atoms with Crippen molar-refractivity contribution < 1.29 is 23.5 Å². The van der Waals surface area contributed by atoms with E-state index in [4.69, 9.17) is 9.47 Å². The van der Waals surface area contributed by atoms with Crippen LogP contribution in [0.25, 0.3) is 0 Å². The molecular formula is C19H18FN3O4. The van der Waals surface area contributed by atoms with Gasteiger partial charge in [0.1, 0.15) is 17.3 Å². The average Bonchev–Trinajstić information content (AvgIpc) is 2.67. The molecule has 1 atom stereocenters. The summed E-state index contributed by atoms with van der Waals surface area (Å²) in [6.07, 6.45) is 0.0862. The molecule has 8 heteroatoms. The maximum Gasteiger partial charge on any atom is 0.258 e. The third-order valence-electron chi connectivity index (χ3n) is 4.04. The summed E-state index contributed by atoms with van der Waals surface area (Å²) in [7, 11) is 3.05. The number of nitrogens with zero attached hydrogens (tertiary/aromatic N) is 1. The van der Waals surface area contributed by atoms with Gasteiger partial charge in [-0.2, -0.15) is 0 Å². The van der Waals surface area contributed by atoms with Crippen LogP contribution in [0.1, 0.15) is 28.4 Å². The van der Waals surface area contributed by atoms with Gasteiger partial charge in [-0.25, -0.2) is 9.38 Å². The molecule has 7 nitrogen and oxygen atoms in total. The standard InChI is InChI=1S/C19H18FN3O4/c1-26-13-6-7-16(27-2)14(9-13)15-10-17(24)22-19(21-15)23-18(25)11-4-3-5-12(20)8-11/h3-9,15H,10H2,1-2H3,(H2,21,22,23,24,25)/t15-/m0/s1. The minimum atomic E-state index is -0.577. The van der Waals surface area contributed by atoms with Gasteiger partial charge in [0.2, 0.25) is 11.9 Å². The minimum Gasteiger partial charge on any atom is -0.497 e. The number of guanidine groups is 1. The number of rotatable bonds is 4. The molecule has 1 heterocycles. The number of halogens is 1. The molecule has 0 spiro atoms. The van der Waals surface area contributed by atoms with E-state index in [1.54, 1.807) is 18.2 Å². The van der Waals surface area contributed by atoms with Crippen LogP contribution in [0.2, 0.25) is 0 Å². The lowest BCUT2D eigenvalue weighted by molar-refractivity contribution is -0.120. The van der Waals surface area contributed by atoms with Crippen molar-refractivity contribution in [3.8, 4) is 11.5 Å². The molecule has 3 rings (SSSR count). The number of hydrogen-bond acceptors (Lipinski definition) is 5. The first-order valence-corrected chi connectivity index (χ1v) is 8.16. The van der Waals surface area contributed by atoms with Gasteiger partial charge in [0.25, 0.3) is 5.91 Å². The first kappa shape index (κ1) is 18.4. The van der Waals surface area contributed by atoms with Gasteiger partial charge in [0.05, 0.1) is 26.7 Å². The summed E-state index contributed by atoms with van der Waals surface area (Å²) in [5.41, 5.74) is 0.775. The van der Waals surface area contributed by atoms with Gasteiger partial charge < -0.3 is 9.47 Å². The molecule has 27 heavy (non-hydrogen) atoms. The smallest absolute Gasteiger partial charge is 0.258 e. The number of carbonyl (C=O) groups excluding carboxylic acids is 2. The Morgan fingerprint density at radius 2 is 2.04 bits per heavy atom. The monoisotopic (exact) mass is 371 g/mol. The maximum atomic E-state index is 13.3. The summed E-state index contributed by atoms with van der Waals surface area (Å²) < 4.78 is 23.9. The van der Waals surface area contributed by atoms with Gasteiger partial charge >= 0.3 is 0 Å². The Bertz CT molecular complexity index is 914. The molecule has 2 aromatic rings.